The number of fused-ring (bicyclic) bond motifs is 1. The lowest BCUT2D eigenvalue weighted by molar-refractivity contribution is -0.115. The summed E-state index contributed by atoms with van der Waals surface area (Å²) in [6, 6.07) is 10.1. The summed E-state index contributed by atoms with van der Waals surface area (Å²) in [6.45, 7) is 7.03. The molecule has 4 rings (SSSR count). The number of aromatic nitrogens is 2. The lowest BCUT2D eigenvalue weighted by Crippen LogP contribution is -2.15. The Bertz CT molecular complexity index is 1400. The number of benzene rings is 1. The molecule has 0 aliphatic rings. The first-order valence-electron chi connectivity index (χ1n) is 10.7. The number of ether oxygens (including phenoxy) is 1. The van der Waals surface area contributed by atoms with Crippen molar-refractivity contribution in [2.75, 3.05) is 11.9 Å². The molecular weight excluding hydrogens is 454 g/mol. The van der Waals surface area contributed by atoms with Crippen LogP contribution in [0.4, 0.5) is 5.69 Å². The molecule has 0 aliphatic carbocycles. The molecule has 0 atom stereocenters. The second-order valence-corrected chi connectivity index (χ2v) is 9.27. The minimum absolute atomic E-state index is 0.118. The van der Waals surface area contributed by atoms with E-state index in [1.807, 2.05) is 19.9 Å². The molecule has 8 nitrogen and oxygen atoms in total. The number of pyridine rings is 1. The normalized spacial score (nSPS) is 10.9. The van der Waals surface area contributed by atoms with Crippen molar-refractivity contribution < 1.29 is 23.6 Å². The fourth-order valence-corrected chi connectivity index (χ4v) is 4.49. The van der Waals surface area contributed by atoms with E-state index >= 15 is 0 Å². The van der Waals surface area contributed by atoms with Crippen LogP contribution in [-0.4, -0.2) is 34.4 Å². The Labute approximate surface area is 199 Å². The van der Waals surface area contributed by atoms with Crippen molar-refractivity contribution in [3.8, 4) is 11.3 Å². The number of nitrogens with zero attached hydrogens (tertiary/aromatic N) is 2. The van der Waals surface area contributed by atoms with E-state index in [0.29, 0.717) is 34.4 Å². The Morgan fingerprint density at radius 3 is 2.47 bits per heavy atom. The zero-order valence-corrected chi connectivity index (χ0v) is 20.0. The Morgan fingerprint density at radius 1 is 1.09 bits per heavy atom. The van der Waals surface area contributed by atoms with Gasteiger partial charge >= 0.3 is 5.97 Å². The van der Waals surface area contributed by atoms with Crippen LogP contribution >= 0.6 is 11.3 Å². The number of Topliss-reactive ketones (excluding diaryl/α,β-unsaturated/α-hetero) is 1. The van der Waals surface area contributed by atoms with Crippen molar-refractivity contribution in [1.82, 2.24) is 10.1 Å². The number of hydrogen-bond acceptors (Lipinski definition) is 8. The standard InChI is InChI=1S/C25H23N3O5S/c1-5-22(30)26-17-8-6-16(7-9-17)21(29)12-32-25(31)19-11-20(18-10-13(2)34-15(18)4)27-24-23(19)14(3)28-33-24/h6-11H,5,12H2,1-4H3,(H,26,30). The van der Waals surface area contributed by atoms with E-state index < -0.39 is 12.6 Å². The average Bonchev–Trinajstić information content (AvgIpc) is 3.37. The lowest BCUT2D eigenvalue weighted by atomic mass is 10.1. The molecule has 0 saturated carbocycles. The highest BCUT2D eigenvalue weighted by molar-refractivity contribution is 7.12. The molecule has 3 heterocycles. The smallest absolute Gasteiger partial charge is 0.339 e. The summed E-state index contributed by atoms with van der Waals surface area (Å²) in [5, 5.41) is 7.12. The van der Waals surface area contributed by atoms with Gasteiger partial charge in [0.2, 0.25) is 5.91 Å². The van der Waals surface area contributed by atoms with E-state index in [1.54, 1.807) is 55.5 Å². The van der Waals surface area contributed by atoms with E-state index in [-0.39, 0.29) is 23.0 Å². The molecule has 0 spiro atoms. The Morgan fingerprint density at radius 2 is 1.82 bits per heavy atom. The van der Waals surface area contributed by atoms with Crippen molar-refractivity contribution in [2.24, 2.45) is 0 Å². The number of carbonyl (C=O) groups is 3. The van der Waals surface area contributed by atoms with Crippen LogP contribution in [0.2, 0.25) is 0 Å². The van der Waals surface area contributed by atoms with Crippen LogP contribution in [0.1, 0.15) is 49.5 Å². The minimum Gasteiger partial charge on any atom is -0.454 e. The predicted molar refractivity (Wildman–Crippen MR) is 129 cm³/mol. The third kappa shape index (κ3) is 4.74. The lowest BCUT2D eigenvalue weighted by Gasteiger charge is -2.08. The SMILES string of the molecule is CCC(=O)Nc1ccc(C(=O)COC(=O)c2cc(-c3cc(C)sc3C)nc3onc(C)c23)cc1. The maximum Gasteiger partial charge on any atom is 0.339 e. The molecule has 1 N–H and O–H groups in total. The molecule has 34 heavy (non-hydrogen) atoms. The molecule has 1 aromatic carbocycles. The number of rotatable bonds is 7. The van der Waals surface area contributed by atoms with Gasteiger partial charge in [0.25, 0.3) is 5.71 Å². The fraction of sp³-hybridized carbons (Fsp3) is 0.240. The van der Waals surface area contributed by atoms with Crippen LogP contribution in [0.5, 0.6) is 0 Å². The Hall–Kier alpha value is -3.85. The van der Waals surface area contributed by atoms with Gasteiger partial charge in [-0.2, -0.15) is 0 Å². The topological polar surface area (TPSA) is 111 Å². The Balaban J connectivity index is 1.55. The molecule has 0 fully saturated rings. The number of carbonyl (C=O) groups excluding carboxylic acids is 3. The molecule has 0 radical (unpaired) electrons. The van der Waals surface area contributed by atoms with Gasteiger partial charge in [-0.25, -0.2) is 9.78 Å². The molecule has 3 aromatic heterocycles. The van der Waals surface area contributed by atoms with Crippen molar-refractivity contribution >= 4 is 45.8 Å². The summed E-state index contributed by atoms with van der Waals surface area (Å²) in [5.74, 6) is -1.14. The number of hydrogen-bond donors (Lipinski definition) is 1. The number of thiophene rings is 1. The van der Waals surface area contributed by atoms with Gasteiger partial charge in [-0.05, 0) is 57.2 Å². The van der Waals surface area contributed by atoms with Crippen LogP contribution in [0.3, 0.4) is 0 Å². The zero-order valence-electron chi connectivity index (χ0n) is 19.2. The minimum atomic E-state index is -0.662. The van der Waals surface area contributed by atoms with E-state index in [0.717, 1.165) is 15.3 Å². The number of amides is 1. The molecule has 4 aromatic rings. The first kappa shape index (κ1) is 23.3. The summed E-state index contributed by atoms with van der Waals surface area (Å²) in [7, 11) is 0. The third-order valence-electron chi connectivity index (χ3n) is 5.30. The van der Waals surface area contributed by atoms with Gasteiger partial charge in [0.05, 0.1) is 22.3 Å². The molecular formula is C25H23N3O5S. The van der Waals surface area contributed by atoms with E-state index in [1.165, 1.54) is 0 Å². The Kier molecular flexibility index (Phi) is 6.56. The van der Waals surface area contributed by atoms with Crippen molar-refractivity contribution in [3.05, 3.63) is 63.0 Å². The second-order valence-electron chi connectivity index (χ2n) is 7.81. The fourth-order valence-electron chi connectivity index (χ4n) is 3.56. The number of esters is 1. The third-order valence-corrected chi connectivity index (χ3v) is 6.27. The highest BCUT2D eigenvalue weighted by Gasteiger charge is 2.22. The molecule has 1 amide bonds. The van der Waals surface area contributed by atoms with Gasteiger partial charge in [-0.1, -0.05) is 12.1 Å². The summed E-state index contributed by atoms with van der Waals surface area (Å²) in [5.41, 5.74) is 3.43. The van der Waals surface area contributed by atoms with Crippen LogP contribution in [-0.2, 0) is 9.53 Å². The highest BCUT2D eigenvalue weighted by Crippen LogP contribution is 2.33. The first-order valence-corrected chi connectivity index (χ1v) is 11.5. The van der Waals surface area contributed by atoms with Gasteiger partial charge in [0.1, 0.15) is 0 Å². The molecule has 174 valence electrons. The number of anilines is 1. The van der Waals surface area contributed by atoms with Gasteiger partial charge in [-0.15, -0.1) is 11.3 Å². The second kappa shape index (κ2) is 9.56. The van der Waals surface area contributed by atoms with E-state index in [2.05, 4.69) is 15.5 Å². The van der Waals surface area contributed by atoms with Crippen LogP contribution in [0, 0.1) is 20.8 Å². The largest absolute Gasteiger partial charge is 0.454 e. The van der Waals surface area contributed by atoms with E-state index in [4.69, 9.17) is 9.26 Å². The maximum atomic E-state index is 13.0. The van der Waals surface area contributed by atoms with Crippen molar-refractivity contribution in [2.45, 2.75) is 34.1 Å². The highest BCUT2D eigenvalue weighted by atomic mass is 32.1. The summed E-state index contributed by atoms with van der Waals surface area (Å²) in [6.07, 6.45) is 0.359. The van der Waals surface area contributed by atoms with E-state index in [9.17, 15) is 14.4 Å². The molecule has 0 bridgehead atoms. The summed E-state index contributed by atoms with van der Waals surface area (Å²) < 4.78 is 10.7. The van der Waals surface area contributed by atoms with Crippen LogP contribution in [0.25, 0.3) is 22.4 Å². The van der Waals surface area contributed by atoms with Crippen LogP contribution in [0.15, 0.2) is 40.9 Å². The molecule has 0 unspecified atom stereocenters. The number of nitrogens with one attached hydrogen (secondary N) is 1. The van der Waals surface area contributed by atoms with Gasteiger partial charge < -0.3 is 14.6 Å². The van der Waals surface area contributed by atoms with Gasteiger partial charge in [0, 0.05) is 33.0 Å². The summed E-state index contributed by atoms with van der Waals surface area (Å²) in [4.78, 5) is 43.8. The number of aryl methyl sites for hydroxylation is 3. The zero-order chi connectivity index (χ0) is 24.4. The monoisotopic (exact) mass is 477 g/mol. The van der Waals surface area contributed by atoms with Crippen LogP contribution < -0.4 is 5.32 Å². The first-order chi connectivity index (χ1) is 16.3. The number of ketones is 1. The molecule has 9 heteroatoms. The quantitative estimate of drug-likeness (QED) is 0.285. The van der Waals surface area contributed by atoms with Gasteiger partial charge in [0.15, 0.2) is 12.4 Å². The summed E-state index contributed by atoms with van der Waals surface area (Å²) >= 11 is 1.64. The van der Waals surface area contributed by atoms with Gasteiger partial charge in [-0.3, -0.25) is 9.59 Å². The molecule has 0 saturated heterocycles. The predicted octanol–water partition coefficient (Wildman–Crippen LogP) is 5.26. The van der Waals surface area contributed by atoms with Crippen molar-refractivity contribution in [3.63, 3.8) is 0 Å². The maximum absolute atomic E-state index is 13.0. The molecule has 0 aliphatic heterocycles. The average molecular weight is 478 g/mol. The van der Waals surface area contributed by atoms with Crippen molar-refractivity contribution in [1.29, 1.82) is 0 Å².